The van der Waals surface area contributed by atoms with E-state index in [2.05, 4.69) is 25.5 Å². The number of unbranched alkanes of at least 4 members (excludes halogenated alkanes) is 6. The second kappa shape index (κ2) is 70.4. The fraction of sp³-hybridized carbons (Fsp3) is 0.893. The van der Waals surface area contributed by atoms with Crippen molar-refractivity contribution >= 4 is 35.8 Å². The highest BCUT2D eigenvalue weighted by Gasteiger charge is 2.13. The molecule has 0 aliphatic rings. The maximum absolute atomic E-state index is 11.2. The molecule has 0 amide bonds. The quantitative estimate of drug-likeness (QED) is 0.0436. The molecule has 0 aromatic rings. The second-order valence-electron chi connectivity index (χ2n) is 15.9. The Balaban J connectivity index is -0.0000000632. The molecule has 0 spiro atoms. The SMILES string of the molecule is C.C.C.C.C.CCC(C)C(=O)OC.CCCCCCOC(=O)C(C)CC.CCCCCOC(=O)C(C)CC.CCCCOC(=O)C(C)CC.CCCOC(=O)C(C)CC.CCOC(=O)C(C)CC. The summed E-state index contributed by atoms with van der Waals surface area (Å²) < 4.78 is 29.3. The van der Waals surface area contributed by atoms with E-state index >= 15 is 0 Å². The fourth-order valence-corrected chi connectivity index (χ4v) is 3.80. The zero-order valence-corrected chi connectivity index (χ0v) is 44.2. The summed E-state index contributed by atoms with van der Waals surface area (Å²) in [6.45, 7) is 36.3. The minimum atomic E-state index is -0.118. The van der Waals surface area contributed by atoms with Gasteiger partial charge in [-0.15, -0.1) is 0 Å². The third kappa shape index (κ3) is 67.1. The molecule has 0 rings (SSSR count). The van der Waals surface area contributed by atoms with Crippen LogP contribution in [0.1, 0.15) is 258 Å². The van der Waals surface area contributed by atoms with Crippen molar-refractivity contribution in [2.75, 3.05) is 40.1 Å². The van der Waals surface area contributed by atoms with Crippen LogP contribution in [0.3, 0.4) is 0 Å². The highest BCUT2D eigenvalue weighted by atomic mass is 16.5. The number of hydrogen-bond acceptors (Lipinski definition) is 12. The first kappa shape index (κ1) is 91.1. The lowest BCUT2D eigenvalue weighted by molar-refractivity contribution is -0.149. The average Bonchev–Trinajstić information content (AvgIpc) is 3.30. The van der Waals surface area contributed by atoms with Crippen molar-refractivity contribution in [3.63, 3.8) is 0 Å². The Kier molecular flexibility index (Phi) is 94.3. The van der Waals surface area contributed by atoms with E-state index in [1.807, 2.05) is 96.9 Å². The van der Waals surface area contributed by atoms with Gasteiger partial charge in [-0.1, -0.05) is 186 Å². The van der Waals surface area contributed by atoms with E-state index in [9.17, 15) is 28.8 Å². The summed E-state index contributed by atoms with van der Waals surface area (Å²) in [4.78, 5) is 65.5. The molecule has 0 fully saturated rings. The largest absolute Gasteiger partial charge is 0.469 e. The lowest BCUT2D eigenvalue weighted by atomic mass is 10.1. The van der Waals surface area contributed by atoms with E-state index in [0.29, 0.717) is 33.0 Å². The minimum absolute atomic E-state index is 0. The lowest BCUT2D eigenvalue weighted by Crippen LogP contribution is -2.14. The molecular weight excluding hydrogens is 865 g/mol. The van der Waals surface area contributed by atoms with Gasteiger partial charge in [-0.05, 0) is 71.1 Å². The van der Waals surface area contributed by atoms with Crippen molar-refractivity contribution < 1.29 is 57.2 Å². The minimum Gasteiger partial charge on any atom is -0.469 e. The van der Waals surface area contributed by atoms with Gasteiger partial charge < -0.3 is 28.4 Å². The van der Waals surface area contributed by atoms with E-state index in [-0.39, 0.29) is 108 Å². The predicted octanol–water partition coefficient (Wildman–Crippen LogP) is 16.3. The van der Waals surface area contributed by atoms with Crippen molar-refractivity contribution in [1.82, 2.24) is 0 Å². The van der Waals surface area contributed by atoms with Crippen LogP contribution in [0.15, 0.2) is 0 Å². The molecule has 0 radical (unpaired) electrons. The first-order chi connectivity index (χ1) is 29.8. The third-order valence-corrected chi connectivity index (χ3v) is 10.0. The zero-order chi connectivity index (χ0) is 50.0. The molecule has 0 aromatic heterocycles. The van der Waals surface area contributed by atoms with Gasteiger partial charge in [0.25, 0.3) is 0 Å². The summed E-state index contributed by atoms with van der Waals surface area (Å²) in [5, 5.41) is 0. The molecular formula is C56H122O12. The van der Waals surface area contributed by atoms with E-state index in [4.69, 9.17) is 23.7 Å². The van der Waals surface area contributed by atoms with Crippen LogP contribution in [-0.2, 0) is 57.2 Å². The molecule has 0 bridgehead atoms. The Hall–Kier alpha value is -3.18. The number of carbonyl (C=O) groups excluding carboxylic acids is 6. The molecule has 68 heavy (non-hydrogen) atoms. The van der Waals surface area contributed by atoms with Crippen LogP contribution in [0.25, 0.3) is 0 Å². The van der Waals surface area contributed by atoms with Gasteiger partial charge in [-0.3, -0.25) is 28.8 Å². The summed E-state index contributed by atoms with van der Waals surface area (Å²) in [5.41, 5.74) is 0. The van der Waals surface area contributed by atoms with Gasteiger partial charge in [0.15, 0.2) is 0 Å². The second-order valence-corrected chi connectivity index (χ2v) is 15.9. The fourth-order valence-electron chi connectivity index (χ4n) is 3.80. The molecule has 6 atom stereocenters. The number of hydrogen-bond donors (Lipinski definition) is 0. The normalized spacial score (nSPS) is 11.7. The molecule has 0 heterocycles. The Morgan fingerprint density at radius 3 is 0.765 bits per heavy atom. The molecule has 418 valence electrons. The lowest BCUT2D eigenvalue weighted by Gasteiger charge is -2.08. The smallest absolute Gasteiger partial charge is 0.308 e. The van der Waals surface area contributed by atoms with Crippen LogP contribution in [0.2, 0.25) is 0 Å². The molecule has 0 aromatic carbocycles. The molecule has 6 unspecified atom stereocenters. The summed E-state index contributed by atoms with van der Waals surface area (Å²) in [5.74, 6) is -0.0495. The Labute approximate surface area is 425 Å². The van der Waals surface area contributed by atoms with Gasteiger partial charge in [0.05, 0.1) is 75.7 Å². The Morgan fingerprint density at radius 2 is 0.529 bits per heavy atom. The average molecular weight is 988 g/mol. The van der Waals surface area contributed by atoms with Crippen molar-refractivity contribution in [2.24, 2.45) is 35.5 Å². The number of rotatable bonds is 27. The number of esters is 6. The topological polar surface area (TPSA) is 158 Å². The van der Waals surface area contributed by atoms with Crippen molar-refractivity contribution in [3.8, 4) is 0 Å². The first-order valence-corrected chi connectivity index (χ1v) is 24.7. The first-order valence-electron chi connectivity index (χ1n) is 24.7. The molecule has 0 saturated carbocycles. The maximum Gasteiger partial charge on any atom is 0.308 e. The monoisotopic (exact) mass is 987 g/mol. The molecule has 12 heteroatoms. The van der Waals surface area contributed by atoms with Gasteiger partial charge in [0.2, 0.25) is 0 Å². The van der Waals surface area contributed by atoms with E-state index in [1.165, 1.54) is 32.8 Å². The van der Waals surface area contributed by atoms with Gasteiger partial charge in [-0.25, -0.2) is 0 Å². The van der Waals surface area contributed by atoms with Gasteiger partial charge in [0.1, 0.15) is 0 Å². The molecule has 0 aliphatic carbocycles. The molecule has 0 saturated heterocycles. The van der Waals surface area contributed by atoms with Crippen molar-refractivity contribution in [1.29, 1.82) is 0 Å². The number of carbonyl (C=O) groups is 6. The standard InChI is InChI=1S/C11H22O2.C10H20O2.C9H18O2.C8H16O2.C7H14O2.C6H12O2.5CH4/c1-4-6-7-8-9-13-11(12)10(3)5-2;1-4-6-7-8-12-10(11)9(3)5-2;1-4-6-7-11-9(10)8(3)5-2;1-4-6-10-8(9)7(3)5-2;1-4-6(3)7(8)9-5-2;1-4-5(2)6(7)8-3;;;;;/h10H,4-9H2,1-3H3;9H,4-8H2,1-3H3;8H,4-7H2,1-3H3;7H,4-6H2,1-3H3;6H,4-5H2,1-3H3;5H,4H2,1-3H3;5*1H4. The summed E-state index contributed by atoms with van der Waals surface area (Å²) in [7, 11) is 1.41. The van der Waals surface area contributed by atoms with Crippen LogP contribution < -0.4 is 0 Å². The van der Waals surface area contributed by atoms with Crippen LogP contribution in [0.5, 0.6) is 0 Å². The zero-order valence-electron chi connectivity index (χ0n) is 44.2. The predicted molar refractivity (Wildman–Crippen MR) is 292 cm³/mol. The van der Waals surface area contributed by atoms with Crippen LogP contribution in [0, 0.1) is 35.5 Å². The third-order valence-electron chi connectivity index (χ3n) is 10.0. The van der Waals surface area contributed by atoms with E-state index in [1.54, 1.807) is 0 Å². The van der Waals surface area contributed by atoms with Crippen molar-refractivity contribution in [2.45, 2.75) is 258 Å². The van der Waals surface area contributed by atoms with Gasteiger partial charge >= 0.3 is 35.8 Å². The van der Waals surface area contributed by atoms with Crippen LogP contribution in [-0.4, -0.2) is 76.0 Å². The highest BCUT2D eigenvalue weighted by molar-refractivity contribution is 5.73. The van der Waals surface area contributed by atoms with Gasteiger partial charge in [-0.2, -0.15) is 0 Å². The maximum atomic E-state index is 11.2. The molecule has 0 N–H and O–H groups in total. The number of ether oxygens (including phenoxy) is 6. The molecule has 0 aliphatic heterocycles. The molecule has 12 nitrogen and oxygen atoms in total. The van der Waals surface area contributed by atoms with E-state index in [0.717, 1.165) is 77.0 Å². The van der Waals surface area contributed by atoms with Gasteiger partial charge in [0, 0.05) is 0 Å². The Morgan fingerprint density at radius 1 is 0.294 bits per heavy atom. The van der Waals surface area contributed by atoms with E-state index < -0.39 is 0 Å². The highest BCUT2D eigenvalue weighted by Crippen LogP contribution is 2.07. The Bertz CT molecular complexity index is 1050. The number of methoxy groups -OCH3 is 1. The summed E-state index contributed by atoms with van der Waals surface area (Å²) in [6, 6.07) is 0. The summed E-state index contributed by atoms with van der Waals surface area (Å²) >= 11 is 0. The van der Waals surface area contributed by atoms with Crippen LogP contribution in [0.4, 0.5) is 0 Å². The summed E-state index contributed by atoms with van der Waals surface area (Å²) in [6.07, 6.45) is 16.1. The van der Waals surface area contributed by atoms with Crippen LogP contribution >= 0.6 is 0 Å². The van der Waals surface area contributed by atoms with Crippen molar-refractivity contribution in [3.05, 3.63) is 0 Å².